The third-order valence-electron chi connectivity index (χ3n) is 2.73. The summed E-state index contributed by atoms with van der Waals surface area (Å²) in [5, 5.41) is 9.25. The van der Waals surface area contributed by atoms with Gasteiger partial charge in [0.1, 0.15) is 0 Å². The largest absolute Gasteiger partial charge is 0.478 e. The van der Waals surface area contributed by atoms with Gasteiger partial charge in [0.05, 0.1) is 11.1 Å². The summed E-state index contributed by atoms with van der Waals surface area (Å²) in [7, 11) is 0. The van der Waals surface area contributed by atoms with Gasteiger partial charge in [-0.05, 0) is 23.8 Å². The number of nitrogens with zero attached hydrogens (tertiary/aromatic N) is 1. The molecule has 1 heterocycles. The number of benzene rings is 1. The van der Waals surface area contributed by atoms with Gasteiger partial charge in [-0.25, -0.2) is 4.79 Å². The van der Waals surface area contributed by atoms with E-state index in [4.69, 9.17) is 5.73 Å². The van der Waals surface area contributed by atoms with Crippen LogP contribution in [0.15, 0.2) is 42.6 Å². The molecule has 0 aliphatic rings. The van der Waals surface area contributed by atoms with Crippen molar-refractivity contribution in [2.75, 3.05) is 0 Å². The third kappa shape index (κ3) is 2.77. The summed E-state index contributed by atoms with van der Waals surface area (Å²) in [6.45, 7) is 0. The molecule has 5 nitrogen and oxygen atoms in total. The fourth-order valence-electron chi connectivity index (χ4n) is 1.90. The van der Waals surface area contributed by atoms with E-state index in [0.717, 1.165) is 5.69 Å². The number of nitrogens with two attached hydrogens (primary N) is 1. The zero-order chi connectivity index (χ0) is 13.8. The fraction of sp³-hybridized carbons (Fsp3) is 0.0714. The zero-order valence-electron chi connectivity index (χ0n) is 10.0. The molecule has 1 amide bonds. The predicted molar refractivity (Wildman–Crippen MR) is 69.0 cm³/mol. The van der Waals surface area contributed by atoms with Crippen molar-refractivity contribution in [1.29, 1.82) is 0 Å². The molecule has 0 atom stereocenters. The van der Waals surface area contributed by atoms with Gasteiger partial charge in [-0.3, -0.25) is 9.78 Å². The first-order chi connectivity index (χ1) is 9.09. The van der Waals surface area contributed by atoms with Gasteiger partial charge in [-0.1, -0.05) is 18.2 Å². The Labute approximate surface area is 109 Å². The second-order valence-corrected chi connectivity index (χ2v) is 4.01. The van der Waals surface area contributed by atoms with Gasteiger partial charge in [0, 0.05) is 18.3 Å². The number of carboxylic acids is 1. The van der Waals surface area contributed by atoms with Crippen LogP contribution in [-0.4, -0.2) is 22.0 Å². The number of aromatic carboxylic acids is 1. The summed E-state index contributed by atoms with van der Waals surface area (Å²) in [6, 6.07) is 10.1. The lowest BCUT2D eigenvalue weighted by atomic mass is 9.97. The summed E-state index contributed by atoms with van der Waals surface area (Å²) in [6.07, 6.45) is 1.97. The van der Waals surface area contributed by atoms with Crippen LogP contribution in [0.1, 0.15) is 32.0 Å². The number of hydrogen-bond donors (Lipinski definition) is 2. The van der Waals surface area contributed by atoms with E-state index in [1.807, 2.05) is 6.07 Å². The lowest BCUT2D eigenvalue weighted by Crippen LogP contribution is -2.18. The number of pyridine rings is 1. The minimum Gasteiger partial charge on any atom is -0.478 e. The lowest BCUT2D eigenvalue weighted by Gasteiger charge is -2.09. The molecule has 2 aromatic rings. The monoisotopic (exact) mass is 256 g/mol. The molecule has 2 rings (SSSR count). The van der Waals surface area contributed by atoms with Crippen LogP contribution >= 0.6 is 0 Å². The second-order valence-electron chi connectivity index (χ2n) is 4.01. The van der Waals surface area contributed by atoms with Crippen LogP contribution < -0.4 is 5.73 Å². The molecule has 0 saturated carbocycles. The normalized spacial score (nSPS) is 10.1. The van der Waals surface area contributed by atoms with Crippen molar-refractivity contribution >= 4 is 11.9 Å². The smallest absolute Gasteiger partial charge is 0.336 e. The van der Waals surface area contributed by atoms with E-state index >= 15 is 0 Å². The lowest BCUT2D eigenvalue weighted by molar-refractivity contribution is 0.0691. The maximum absolute atomic E-state index is 11.3. The van der Waals surface area contributed by atoms with Crippen molar-refractivity contribution in [3.63, 3.8) is 0 Å². The minimum absolute atomic E-state index is 0.0148. The zero-order valence-corrected chi connectivity index (χ0v) is 10.0. The molecule has 0 bridgehead atoms. The summed E-state index contributed by atoms with van der Waals surface area (Å²) < 4.78 is 0. The van der Waals surface area contributed by atoms with Crippen LogP contribution in [0, 0.1) is 0 Å². The molecule has 0 saturated heterocycles. The summed E-state index contributed by atoms with van der Waals surface area (Å²) in [4.78, 5) is 26.7. The van der Waals surface area contributed by atoms with Gasteiger partial charge in [0.15, 0.2) is 0 Å². The highest BCUT2D eigenvalue weighted by Gasteiger charge is 2.18. The molecular formula is C14H12N2O3. The molecule has 1 aromatic carbocycles. The summed E-state index contributed by atoms with van der Waals surface area (Å²) >= 11 is 0. The number of carbonyl (C=O) groups excluding carboxylic acids is 1. The number of aromatic nitrogens is 1. The van der Waals surface area contributed by atoms with Crippen molar-refractivity contribution < 1.29 is 14.7 Å². The standard InChI is InChI=1S/C14H12N2O3/c15-13(17)11-6-3-4-9(12(11)14(18)19)8-10-5-1-2-7-16-10/h1-7H,8H2,(H2,15,17)(H,18,19). The molecule has 0 aliphatic carbocycles. The van der Waals surface area contributed by atoms with Gasteiger partial charge >= 0.3 is 5.97 Å². The Morgan fingerprint density at radius 1 is 1.16 bits per heavy atom. The molecule has 96 valence electrons. The Balaban J connectivity index is 2.48. The number of primary amides is 1. The van der Waals surface area contributed by atoms with E-state index in [2.05, 4.69) is 4.98 Å². The average Bonchev–Trinajstić information content (AvgIpc) is 2.39. The van der Waals surface area contributed by atoms with Gasteiger partial charge in [-0.15, -0.1) is 0 Å². The van der Waals surface area contributed by atoms with E-state index < -0.39 is 11.9 Å². The van der Waals surface area contributed by atoms with Crippen molar-refractivity contribution in [2.24, 2.45) is 5.73 Å². The van der Waals surface area contributed by atoms with Crippen LogP contribution in [0.4, 0.5) is 0 Å². The highest BCUT2D eigenvalue weighted by atomic mass is 16.4. The molecule has 0 aliphatic heterocycles. The van der Waals surface area contributed by atoms with E-state index in [9.17, 15) is 14.7 Å². The first-order valence-electron chi connectivity index (χ1n) is 5.64. The number of carbonyl (C=O) groups is 2. The van der Waals surface area contributed by atoms with Crippen molar-refractivity contribution in [3.05, 3.63) is 65.0 Å². The number of carboxylic acid groups (broad SMARTS) is 1. The van der Waals surface area contributed by atoms with E-state index in [1.54, 1.807) is 30.5 Å². The van der Waals surface area contributed by atoms with E-state index in [1.165, 1.54) is 6.07 Å². The van der Waals surface area contributed by atoms with Crippen molar-refractivity contribution in [3.8, 4) is 0 Å². The number of rotatable bonds is 4. The molecule has 0 spiro atoms. The Morgan fingerprint density at radius 3 is 2.53 bits per heavy atom. The number of hydrogen-bond acceptors (Lipinski definition) is 3. The van der Waals surface area contributed by atoms with Crippen LogP contribution in [0.2, 0.25) is 0 Å². The SMILES string of the molecule is NC(=O)c1cccc(Cc2ccccn2)c1C(=O)O. The minimum atomic E-state index is -1.17. The predicted octanol–water partition coefficient (Wildman–Crippen LogP) is 1.47. The van der Waals surface area contributed by atoms with E-state index in [-0.39, 0.29) is 11.1 Å². The van der Waals surface area contributed by atoms with Gasteiger partial charge < -0.3 is 10.8 Å². The van der Waals surface area contributed by atoms with Crippen LogP contribution in [-0.2, 0) is 6.42 Å². The average molecular weight is 256 g/mol. The van der Waals surface area contributed by atoms with Crippen molar-refractivity contribution in [1.82, 2.24) is 4.98 Å². The third-order valence-corrected chi connectivity index (χ3v) is 2.73. The molecule has 19 heavy (non-hydrogen) atoms. The highest BCUT2D eigenvalue weighted by Crippen LogP contribution is 2.17. The summed E-state index contributed by atoms with van der Waals surface area (Å²) in [5.74, 6) is -1.92. The molecule has 1 aromatic heterocycles. The maximum atomic E-state index is 11.3. The topological polar surface area (TPSA) is 93.3 Å². The molecular weight excluding hydrogens is 244 g/mol. The molecule has 0 fully saturated rings. The van der Waals surface area contributed by atoms with Crippen LogP contribution in [0.5, 0.6) is 0 Å². The Morgan fingerprint density at radius 2 is 1.95 bits per heavy atom. The molecule has 3 N–H and O–H groups in total. The Hall–Kier alpha value is -2.69. The highest BCUT2D eigenvalue weighted by molar-refractivity contribution is 6.05. The quantitative estimate of drug-likeness (QED) is 0.866. The van der Waals surface area contributed by atoms with Crippen LogP contribution in [0.25, 0.3) is 0 Å². The first kappa shape index (κ1) is 12.8. The van der Waals surface area contributed by atoms with Gasteiger partial charge in [-0.2, -0.15) is 0 Å². The number of amides is 1. The summed E-state index contributed by atoms with van der Waals surface area (Å²) in [5.41, 5.74) is 6.40. The fourth-order valence-corrected chi connectivity index (χ4v) is 1.90. The Kier molecular flexibility index (Phi) is 3.56. The first-order valence-corrected chi connectivity index (χ1v) is 5.64. The van der Waals surface area contributed by atoms with Gasteiger partial charge in [0.25, 0.3) is 0 Å². The van der Waals surface area contributed by atoms with E-state index in [0.29, 0.717) is 12.0 Å². The van der Waals surface area contributed by atoms with Crippen LogP contribution in [0.3, 0.4) is 0 Å². The molecule has 0 unspecified atom stereocenters. The second kappa shape index (κ2) is 5.30. The molecule has 0 radical (unpaired) electrons. The van der Waals surface area contributed by atoms with Gasteiger partial charge in [0.2, 0.25) is 5.91 Å². The maximum Gasteiger partial charge on any atom is 0.336 e. The molecule has 5 heteroatoms. The Bertz CT molecular complexity index is 624. The van der Waals surface area contributed by atoms with Crippen molar-refractivity contribution in [2.45, 2.75) is 6.42 Å².